The predicted molar refractivity (Wildman–Crippen MR) is 82.3 cm³/mol. The van der Waals surface area contributed by atoms with Crippen LogP contribution in [0.3, 0.4) is 0 Å². The number of rotatable bonds is 9. The molecule has 0 aliphatic carbocycles. The van der Waals surface area contributed by atoms with Gasteiger partial charge in [-0.25, -0.2) is 0 Å². The molecule has 1 aromatic heterocycles. The van der Waals surface area contributed by atoms with Gasteiger partial charge >= 0.3 is 0 Å². The smallest absolute Gasteiger partial charge is 0.0410 e. The van der Waals surface area contributed by atoms with Crippen LogP contribution in [0, 0.1) is 5.92 Å². The van der Waals surface area contributed by atoms with Crippen LogP contribution in [-0.4, -0.2) is 31.6 Å². The molecule has 1 atom stereocenters. The number of thiophene rings is 1. The van der Waals surface area contributed by atoms with Crippen LogP contribution in [0.25, 0.3) is 0 Å². The van der Waals surface area contributed by atoms with Gasteiger partial charge in [-0.15, -0.1) is 11.3 Å². The largest absolute Gasteiger partial charge is 0.315 e. The summed E-state index contributed by atoms with van der Waals surface area (Å²) in [7, 11) is 2.21. The first-order chi connectivity index (χ1) is 8.61. The highest BCUT2D eigenvalue weighted by molar-refractivity contribution is 7.10. The molecule has 0 amide bonds. The maximum Gasteiger partial charge on any atom is 0.0410 e. The van der Waals surface area contributed by atoms with Gasteiger partial charge in [0, 0.05) is 24.0 Å². The molecule has 0 spiro atoms. The van der Waals surface area contributed by atoms with Gasteiger partial charge < -0.3 is 5.32 Å². The fraction of sp³-hybridized carbons (Fsp3) is 0.733. The van der Waals surface area contributed by atoms with Crippen LogP contribution >= 0.6 is 11.3 Å². The lowest BCUT2D eigenvalue weighted by Gasteiger charge is -2.23. The van der Waals surface area contributed by atoms with Crippen LogP contribution in [0.2, 0.25) is 0 Å². The fourth-order valence-electron chi connectivity index (χ4n) is 1.96. The molecule has 1 rings (SSSR count). The first-order valence-electron chi connectivity index (χ1n) is 7.05. The van der Waals surface area contributed by atoms with Crippen LogP contribution < -0.4 is 5.32 Å². The highest BCUT2D eigenvalue weighted by Crippen LogP contribution is 2.22. The molecular weight excluding hydrogens is 240 g/mol. The zero-order valence-corrected chi connectivity index (χ0v) is 13.1. The Morgan fingerprint density at radius 3 is 2.67 bits per heavy atom. The van der Waals surface area contributed by atoms with Crippen molar-refractivity contribution in [3.63, 3.8) is 0 Å². The van der Waals surface area contributed by atoms with E-state index in [-0.39, 0.29) is 0 Å². The first kappa shape index (κ1) is 15.7. The van der Waals surface area contributed by atoms with E-state index >= 15 is 0 Å². The Bertz CT molecular complexity index is 295. The van der Waals surface area contributed by atoms with E-state index in [0.29, 0.717) is 6.04 Å². The zero-order valence-electron chi connectivity index (χ0n) is 12.3. The minimum Gasteiger partial charge on any atom is -0.315 e. The van der Waals surface area contributed by atoms with Crippen LogP contribution in [0.1, 0.15) is 44.5 Å². The summed E-state index contributed by atoms with van der Waals surface area (Å²) in [5.41, 5.74) is 0. The van der Waals surface area contributed by atoms with Crippen LogP contribution in [-0.2, 0) is 0 Å². The fourth-order valence-corrected chi connectivity index (χ4v) is 2.80. The summed E-state index contributed by atoms with van der Waals surface area (Å²) in [6, 6.07) is 4.89. The van der Waals surface area contributed by atoms with E-state index in [1.165, 1.54) is 17.7 Å². The second-order valence-electron chi connectivity index (χ2n) is 5.46. The van der Waals surface area contributed by atoms with E-state index < -0.39 is 0 Å². The van der Waals surface area contributed by atoms with Gasteiger partial charge in [0.2, 0.25) is 0 Å². The molecule has 18 heavy (non-hydrogen) atoms. The van der Waals surface area contributed by atoms with Crippen molar-refractivity contribution >= 4 is 11.3 Å². The molecule has 0 saturated heterocycles. The maximum atomic E-state index is 3.53. The second-order valence-corrected chi connectivity index (χ2v) is 6.44. The standard InChI is InChI=1S/C15H28N2S/c1-13(2)7-5-9-16-10-11-17(4)14(3)15-8-6-12-18-15/h6,8,12-14,16H,5,7,9-11H2,1-4H3. The number of hydrogen-bond donors (Lipinski definition) is 1. The van der Waals surface area contributed by atoms with Gasteiger partial charge in [-0.2, -0.15) is 0 Å². The van der Waals surface area contributed by atoms with Crippen molar-refractivity contribution in [2.75, 3.05) is 26.7 Å². The molecule has 0 aliphatic heterocycles. The van der Waals surface area contributed by atoms with E-state index in [4.69, 9.17) is 0 Å². The van der Waals surface area contributed by atoms with Crippen LogP contribution in [0.4, 0.5) is 0 Å². The molecule has 0 aliphatic rings. The van der Waals surface area contributed by atoms with E-state index in [1.807, 2.05) is 11.3 Å². The van der Waals surface area contributed by atoms with Gasteiger partial charge in [0.15, 0.2) is 0 Å². The summed E-state index contributed by atoms with van der Waals surface area (Å²) < 4.78 is 0. The normalized spacial score (nSPS) is 13.4. The molecule has 1 unspecified atom stereocenters. The quantitative estimate of drug-likeness (QED) is 0.686. The third kappa shape index (κ3) is 5.98. The van der Waals surface area contributed by atoms with E-state index in [9.17, 15) is 0 Å². The van der Waals surface area contributed by atoms with Crippen molar-refractivity contribution < 1.29 is 0 Å². The third-order valence-corrected chi connectivity index (χ3v) is 4.43. The Morgan fingerprint density at radius 2 is 2.06 bits per heavy atom. The maximum absolute atomic E-state index is 3.53. The van der Waals surface area contributed by atoms with Crippen molar-refractivity contribution in [1.29, 1.82) is 0 Å². The Hall–Kier alpha value is -0.380. The van der Waals surface area contributed by atoms with E-state index in [1.54, 1.807) is 0 Å². The van der Waals surface area contributed by atoms with Gasteiger partial charge in [0.1, 0.15) is 0 Å². The average Bonchev–Trinajstić information content (AvgIpc) is 2.85. The highest BCUT2D eigenvalue weighted by atomic mass is 32.1. The van der Waals surface area contributed by atoms with Gasteiger partial charge in [-0.1, -0.05) is 19.9 Å². The molecule has 0 aromatic carbocycles. The predicted octanol–water partition coefficient (Wildman–Crippen LogP) is 3.77. The summed E-state index contributed by atoms with van der Waals surface area (Å²) in [6.07, 6.45) is 2.62. The lowest BCUT2D eigenvalue weighted by molar-refractivity contribution is 0.264. The monoisotopic (exact) mass is 268 g/mol. The molecule has 0 radical (unpaired) electrons. The average molecular weight is 268 g/mol. The first-order valence-corrected chi connectivity index (χ1v) is 7.93. The third-order valence-electron chi connectivity index (χ3n) is 3.39. The molecule has 0 fully saturated rings. The summed E-state index contributed by atoms with van der Waals surface area (Å²) in [6.45, 7) is 10.2. The molecule has 2 nitrogen and oxygen atoms in total. The minimum atomic E-state index is 0.530. The van der Waals surface area contributed by atoms with Crippen molar-refractivity contribution in [2.24, 2.45) is 5.92 Å². The number of nitrogens with zero attached hydrogens (tertiary/aromatic N) is 1. The minimum absolute atomic E-state index is 0.530. The highest BCUT2D eigenvalue weighted by Gasteiger charge is 2.11. The Balaban J connectivity index is 2.08. The van der Waals surface area contributed by atoms with E-state index in [2.05, 4.69) is 55.5 Å². The van der Waals surface area contributed by atoms with Crippen molar-refractivity contribution in [2.45, 2.75) is 39.7 Å². The molecule has 3 heteroatoms. The number of nitrogens with one attached hydrogen (secondary N) is 1. The molecule has 1 aromatic rings. The van der Waals surface area contributed by atoms with Gasteiger partial charge in [-0.05, 0) is 50.7 Å². The van der Waals surface area contributed by atoms with E-state index in [0.717, 1.165) is 25.6 Å². The zero-order chi connectivity index (χ0) is 13.4. The summed E-state index contributed by atoms with van der Waals surface area (Å²) >= 11 is 1.85. The topological polar surface area (TPSA) is 15.3 Å². The lowest BCUT2D eigenvalue weighted by Crippen LogP contribution is -2.31. The molecule has 1 heterocycles. The Labute approximate surface area is 116 Å². The molecular formula is C15H28N2S. The van der Waals surface area contributed by atoms with Gasteiger partial charge in [-0.3, -0.25) is 4.90 Å². The van der Waals surface area contributed by atoms with Crippen molar-refractivity contribution in [1.82, 2.24) is 10.2 Å². The van der Waals surface area contributed by atoms with Crippen molar-refractivity contribution in [3.8, 4) is 0 Å². The number of likely N-dealkylation sites (N-methyl/N-ethyl adjacent to an activating group) is 1. The molecule has 0 bridgehead atoms. The molecule has 1 N–H and O–H groups in total. The van der Waals surface area contributed by atoms with Crippen molar-refractivity contribution in [3.05, 3.63) is 22.4 Å². The summed E-state index contributed by atoms with van der Waals surface area (Å²) in [5, 5.41) is 5.69. The van der Waals surface area contributed by atoms with Crippen LogP contribution in [0.5, 0.6) is 0 Å². The van der Waals surface area contributed by atoms with Gasteiger partial charge in [0.25, 0.3) is 0 Å². The SMILES string of the molecule is CC(C)CCCNCCN(C)C(C)c1cccs1. The lowest BCUT2D eigenvalue weighted by atomic mass is 10.1. The van der Waals surface area contributed by atoms with Crippen LogP contribution in [0.15, 0.2) is 17.5 Å². The molecule has 0 saturated carbocycles. The number of hydrogen-bond acceptors (Lipinski definition) is 3. The summed E-state index contributed by atoms with van der Waals surface area (Å²) in [5.74, 6) is 0.827. The Morgan fingerprint density at radius 1 is 1.28 bits per heavy atom. The molecule has 104 valence electrons. The van der Waals surface area contributed by atoms with Gasteiger partial charge in [0.05, 0.1) is 0 Å². The Kier molecular flexibility index (Phi) is 7.56. The second kappa shape index (κ2) is 8.68. The summed E-state index contributed by atoms with van der Waals surface area (Å²) in [4.78, 5) is 3.87.